The molecule has 1 N–H and O–H groups in total. The quantitative estimate of drug-likeness (QED) is 0.583. The molecule has 118 valence electrons. The molecular weight excluding hydrogens is 321 g/mol. The predicted molar refractivity (Wildman–Crippen MR) is 77.5 cm³/mol. The molecule has 1 aromatic carbocycles. The van der Waals surface area contributed by atoms with E-state index >= 15 is 0 Å². The third kappa shape index (κ3) is 5.99. The van der Waals surface area contributed by atoms with Crippen LogP contribution in [0.3, 0.4) is 0 Å². The number of benzene rings is 1. The fourth-order valence-electron chi connectivity index (χ4n) is 1.52. The maximum Gasteiger partial charge on any atom is 0.264 e. The molecule has 1 rings (SSSR count). The van der Waals surface area contributed by atoms with Crippen LogP contribution in [-0.2, 0) is 13.8 Å². The zero-order chi connectivity index (χ0) is 15.9. The molecule has 0 atom stereocenters. The molecule has 1 aromatic rings. The average molecular weight is 338 g/mol. The minimum atomic E-state index is -4.23. The Hall–Kier alpha value is -1.18. The van der Waals surface area contributed by atoms with Crippen molar-refractivity contribution in [3.05, 3.63) is 29.6 Å². The second-order valence-electron chi connectivity index (χ2n) is 4.30. The highest BCUT2D eigenvalue weighted by Crippen LogP contribution is 2.20. The molecule has 0 bridgehead atoms. The lowest BCUT2D eigenvalue weighted by Gasteiger charge is -2.07. The normalized spacial score (nSPS) is 11.4. The van der Waals surface area contributed by atoms with Crippen LogP contribution in [0, 0.1) is 5.82 Å². The summed E-state index contributed by atoms with van der Waals surface area (Å²) in [5, 5.41) is 2.55. The van der Waals surface area contributed by atoms with E-state index < -0.39 is 25.7 Å². The molecule has 0 saturated carbocycles. The van der Waals surface area contributed by atoms with E-state index in [1.807, 2.05) is 6.92 Å². The highest BCUT2D eigenvalue weighted by Gasteiger charge is 2.18. The second-order valence-corrected chi connectivity index (χ2v) is 6.84. The van der Waals surface area contributed by atoms with E-state index in [-0.39, 0.29) is 12.1 Å². The van der Waals surface area contributed by atoms with Crippen LogP contribution in [0.1, 0.15) is 30.1 Å². The summed E-state index contributed by atoms with van der Waals surface area (Å²) in [4.78, 5) is 11.1. The molecule has 1 amide bonds. The van der Waals surface area contributed by atoms with Gasteiger partial charge < -0.3 is 10.1 Å². The van der Waals surface area contributed by atoms with Crippen molar-refractivity contribution in [1.29, 1.82) is 0 Å². The number of nitrogens with one attached hydrogen (secondary N) is 1. The average Bonchev–Trinajstić information content (AvgIpc) is 2.41. The number of hydrogen-bond donors (Lipinski definition) is 1. The molecule has 0 spiro atoms. The van der Waals surface area contributed by atoms with Crippen molar-refractivity contribution >= 4 is 25.6 Å². The Balaban J connectivity index is 2.59. The van der Waals surface area contributed by atoms with Gasteiger partial charge in [0.1, 0.15) is 10.7 Å². The maximum atomic E-state index is 13.3. The molecule has 0 fully saturated rings. The van der Waals surface area contributed by atoms with E-state index in [1.54, 1.807) is 0 Å². The molecule has 0 aliphatic heterocycles. The van der Waals surface area contributed by atoms with E-state index in [0.29, 0.717) is 13.2 Å². The third-order valence-corrected chi connectivity index (χ3v) is 3.97. The summed E-state index contributed by atoms with van der Waals surface area (Å²) in [7, 11) is 0.864. The van der Waals surface area contributed by atoms with Crippen molar-refractivity contribution in [3.63, 3.8) is 0 Å². The molecule has 0 unspecified atom stereocenters. The SMILES string of the molecule is CCCCOCCNC(=O)c1ccc(F)c(S(=O)(=O)Cl)c1. The molecule has 0 radical (unpaired) electrons. The van der Waals surface area contributed by atoms with Gasteiger partial charge >= 0.3 is 0 Å². The van der Waals surface area contributed by atoms with E-state index in [9.17, 15) is 17.6 Å². The molecule has 0 saturated heterocycles. The molecule has 0 aromatic heterocycles. The largest absolute Gasteiger partial charge is 0.380 e. The number of carbonyl (C=O) groups is 1. The summed E-state index contributed by atoms with van der Waals surface area (Å²) in [6, 6.07) is 2.99. The minimum absolute atomic E-state index is 0.0178. The highest BCUT2D eigenvalue weighted by atomic mass is 35.7. The van der Waals surface area contributed by atoms with Crippen LogP contribution < -0.4 is 5.32 Å². The third-order valence-electron chi connectivity index (χ3n) is 2.63. The van der Waals surface area contributed by atoms with Crippen LogP contribution in [-0.4, -0.2) is 34.1 Å². The van der Waals surface area contributed by atoms with Crippen LogP contribution in [0.4, 0.5) is 4.39 Å². The molecule has 21 heavy (non-hydrogen) atoms. The number of amides is 1. The van der Waals surface area contributed by atoms with Crippen molar-refractivity contribution in [2.24, 2.45) is 0 Å². The van der Waals surface area contributed by atoms with E-state index in [1.165, 1.54) is 6.07 Å². The van der Waals surface area contributed by atoms with Gasteiger partial charge in [-0.3, -0.25) is 4.79 Å². The molecule has 5 nitrogen and oxygen atoms in total. The lowest BCUT2D eigenvalue weighted by atomic mass is 10.2. The van der Waals surface area contributed by atoms with Gasteiger partial charge in [-0.1, -0.05) is 13.3 Å². The zero-order valence-electron chi connectivity index (χ0n) is 11.6. The van der Waals surface area contributed by atoms with Gasteiger partial charge in [-0.25, -0.2) is 12.8 Å². The van der Waals surface area contributed by atoms with Gasteiger partial charge in [0, 0.05) is 29.4 Å². The topological polar surface area (TPSA) is 72.5 Å². The number of ether oxygens (including phenoxy) is 1. The lowest BCUT2D eigenvalue weighted by molar-refractivity contribution is 0.0912. The number of carbonyl (C=O) groups excluding carboxylic acids is 1. The van der Waals surface area contributed by atoms with Crippen molar-refractivity contribution in [3.8, 4) is 0 Å². The monoisotopic (exact) mass is 337 g/mol. The van der Waals surface area contributed by atoms with Crippen molar-refractivity contribution < 1.29 is 22.3 Å². The van der Waals surface area contributed by atoms with Gasteiger partial charge in [-0.2, -0.15) is 0 Å². The Morgan fingerprint density at radius 2 is 2.10 bits per heavy atom. The summed E-state index contributed by atoms with van der Waals surface area (Å²) in [6.07, 6.45) is 1.97. The first-order valence-electron chi connectivity index (χ1n) is 6.46. The Morgan fingerprint density at radius 1 is 1.38 bits per heavy atom. The van der Waals surface area contributed by atoms with Crippen molar-refractivity contribution in [1.82, 2.24) is 5.32 Å². The smallest absolute Gasteiger partial charge is 0.264 e. The van der Waals surface area contributed by atoms with Gasteiger partial charge in [0.05, 0.1) is 6.61 Å². The standard InChI is InChI=1S/C13H17ClFNO4S/c1-2-3-7-20-8-6-16-13(17)10-4-5-11(15)12(9-10)21(14,18)19/h4-5,9H,2-3,6-8H2,1H3,(H,16,17). The van der Waals surface area contributed by atoms with E-state index in [0.717, 1.165) is 25.0 Å². The Morgan fingerprint density at radius 3 is 2.71 bits per heavy atom. The van der Waals surface area contributed by atoms with Gasteiger partial charge in [-0.15, -0.1) is 0 Å². The molecule has 8 heteroatoms. The summed E-state index contributed by atoms with van der Waals surface area (Å²) in [6.45, 7) is 3.30. The molecular formula is C13H17ClFNO4S. The van der Waals surface area contributed by atoms with E-state index in [4.69, 9.17) is 15.4 Å². The number of hydrogen-bond acceptors (Lipinski definition) is 4. The molecule has 0 heterocycles. The summed E-state index contributed by atoms with van der Waals surface area (Å²) < 4.78 is 40.9. The van der Waals surface area contributed by atoms with Gasteiger partial charge in [0.25, 0.3) is 15.0 Å². The predicted octanol–water partition coefficient (Wildman–Crippen LogP) is 2.30. The minimum Gasteiger partial charge on any atom is -0.380 e. The molecule has 0 aliphatic carbocycles. The first kappa shape index (κ1) is 17.9. The van der Waals surface area contributed by atoms with Gasteiger partial charge in [0.2, 0.25) is 0 Å². The summed E-state index contributed by atoms with van der Waals surface area (Å²) in [5.74, 6) is -1.51. The number of unbranched alkanes of at least 4 members (excludes halogenated alkanes) is 1. The number of halogens is 2. The van der Waals surface area contributed by atoms with Crippen LogP contribution >= 0.6 is 10.7 Å². The van der Waals surface area contributed by atoms with E-state index in [2.05, 4.69) is 5.32 Å². The first-order chi connectivity index (χ1) is 9.86. The summed E-state index contributed by atoms with van der Waals surface area (Å²) in [5.41, 5.74) is 0.0178. The zero-order valence-corrected chi connectivity index (χ0v) is 13.1. The van der Waals surface area contributed by atoms with Crippen molar-refractivity contribution in [2.75, 3.05) is 19.8 Å². The van der Waals surface area contributed by atoms with Gasteiger partial charge in [0.15, 0.2) is 0 Å². The Labute approximate surface area is 127 Å². The Kier molecular flexibility index (Phi) is 7.07. The van der Waals surface area contributed by atoms with Crippen molar-refractivity contribution in [2.45, 2.75) is 24.7 Å². The second kappa shape index (κ2) is 8.31. The lowest BCUT2D eigenvalue weighted by Crippen LogP contribution is -2.27. The maximum absolute atomic E-state index is 13.3. The first-order valence-corrected chi connectivity index (χ1v) is 8.77. The van der Waals surface area contributed by atoms with Crippen LogP contribution in [0.15, 0.2) is 23.1 Å². The fourth-order valence-corrected chi connectivity index (χ4v) is 2.44. The number of rotatable bonds is 8. The highest BCUT2D eigenvalue weighted by molar-refractivity contribution is 8.13. The molecule has 0 aliphatic rings. The van der Waals surface area contributed by atoms with Crippen LogP contribution in [0.2, 0.25) is 0 Å². The van der Waals surface area contributed by atoms with Gasteiger partial charge in [-0.05, 0) is 24.6 Å². The summed E-state index contributed by atoms with van der Waals surface area (Å²) >= 11 is 0. The fraction of sp³-hybridized carbons (Fsp3) is 0.462. The van der Waals surface area contributed by atoms with Crippen LogP contribution in [0.25, 0.3) is 0 Å². The van der Waals surface area contributed by atoms with Crippen LogP contribution in [0.5, 0.6) is 0 Å². The Bertz CT molecular complexity index is 592.